The van der Waals surface area contributed by atoms with Crippen LogP contribution in [0, 0.1) is 6.92 Å². The van der Waals surface area contributed by atoms with Crippen molar-refractivity contribution in [1.29, 1.82) is 0 Å². The van der Waals surface area contributed by atoms with E-state index >= 15 is 0 Å². The van der Waals surface area contributed by atoms with Crippen LogP contribution in [0.25, 0.3) is 0 Å². The third-order valence-corrected chi connectivity index (χ3v) is 3.55. The average molecular weight is 322 g/mol. The Morgan fingerprint density at radius 3 is 2.58 bits per heavy atom. The van der Waals surface area contributed by atoms with E-state index in [4.69, 9.17) is 4.42 Å². The molecule has 2 rings (SSSR count). The molecule has 2 aromatic rings. The standard InChI is InChI=1S/C14H12BrNO3/c1-8(16-10-6-4-3-5-7-10)11-13(17)12(15)9(2)19-14(11)18/h3-7,17H,1-2H3. The molecule has 1 heterocycles. The van der Waals surface area contributed by atoms with E-state index in [2.05, 4.69) is 20.9 Å². The lowest BCUT2D eigenvalue weighted by atomic mass is 10.1. The number of hydrogen-bond acceptors (Lipinski definition) is 4. The van der Waals surface area contributed by atoms with Crippen LogP contribution in [-0.2, 0) is 0 Å². The molecule has 0 aliphatic rings. The maximum Gasteiger partial charge on any atom is 0.348 e. The van der Waals surface area contributed by atoms with Crippen molar-refractivity contribution in [1.82, 2.24) is 0 Å². The van der Waals surface area contributed by atoms with Gasteiger partial charge in [-0.25, -0.2) is 4.79 Å². The molecule has 4 nitrogen and oxygen atoms in total. The second-order valence-electron chi connectivity index (χ2n) is 4.02. The predicted molar refractivity (Wildman–Crippen MR) is 77.4 cm³/mol. The number of aryl methyl sites for hydroxylation is 1. The van der Waals surface area contributed by atoms with Crippen LogP contribution in [0.2, 0.25) is 0 Å². The smallest absolute Gasteiger partial charge is 0.348 e. The fourth-order valence-electron chi connectivity index (χ4n) is 1.68. The molecule has 5 heteroatoms. The Labute approximate surface area is 118 Å². The number of benzene rings is 1. The summed E-state index contributed by atoms with van der Waals surface area (Å²) in [5.74, 6) is 0.185. The molecular formula is C14H12BrNO3. The first-order chi connectivity index (χ1) is 9.00. The topological polar surface area (TPSA) is 62.8 Å². The van der Waals surface area contributed by atoms with E-state index in [1.807, 2.05) is 30.3 Å². The van der Waals surface area contributed by atoms with Gasteiger partial charge in [0.05, 0.1) is 15.9 Å². The van der Waals surface area contributed by atoms with E-state index < -0.39 is 5.63 Å². The lowest BCUT2D eigenvalue weighted by Crippen LogP contribution is -2.13. The zero-order chi connectivity index (χ0) is 14.0. The van der Waals surface area contributed by atoms with E-state index in [0.29, 0.717) is 21.6 Å². The minimum Gasteiger partial charge on any atom is -0.506 e. The number of rotatable bonds is 2. The van der Waals surface area contributed by atoms with Crippen LogP contribution in [0.3, 0.4) is 0 Å². The van der Waals surface area contributed by atoms with E-state index in [1.54, 1.807) is 13.8 Å². The number of aliphatic imine (C=N–C) groups is 1. The van der Waals surface area contributed by atoms with Gasteiger partial charge in [-0.1, -0.05) is 18.2 Å². The molecule has 0 atom stereocenters. The summed E-state index contributed by atoms with van der Waals surface area (Å²) in [4.78, 5) is 16.1. The molecule has 19 heavy (non-hydrogen) atoms. The summed E-state index contributed by atoms with van der Waals surface area (Å²) < 4.78 is 5.40. The fourth-order valence-corrected chi connectivity index (χ4v) is 1.96. The number of halogens is 1. The molecule has 0 spiro atoms. The van der Waals surface area contributed by atoms with Gasteiger partial charge in [-0.05, 0) is 41.9 Å². The largest absolute Gasteiger partial charge is 0.506 e. The van der Waals surface area contributed by atoms with E-state index in [-0.39, 0.29) is 11.3 Å². The Bertz CT molecular complexity index is 690. The highest BCUT2D eigenvalue weighted by Gasteiger charge is 2.17. The zero-order valence-electron chi connectivity index (χ0n) is 10.5. The normalized spacial score (nSPS) is 11.6. The van der Waals surface area contributed by atoms with Gasteiger partial charge in [-0.3, -0.25) is 4.99 Å². The van der Waals surface area contributed by atoms with Gasteiger partial charge in [0.25, 0.3) is 0 Å². The lowest BCUT2D eigenvalue weighted by Gasteiger charge is -2.06. The Hall–Kier alpha value is -1.88. The van der Waals surface area contributed by atoms with Crippen molar-refractivity contribution in [3.05, 3.63) is 56.5 Å². The highest BCUT2D eigenvalue weighted by molar-refractivity contribution is 9.10. The van der Waals surface area contributed by atoms with Crippen molar-refractivity contribution in [2.45, 2.75) is 13.8 Å². The fraction of sp³-hybridized carbons (Fsp3) is 0.143. The summed E-state index contributed by atoms with van der Waals surface area (Å²) in [5.41, 5.74) is 0.574. The van der Waals surface area contributed by atoms with Crippen LogP contribution < -0.4 is 5.63 Å². The highest BCUT2D eigenvalue weighted by Crippen LogP contribution is 2.29. The Balaban J connectivity index is 2.57. The van der Waals surface area contributed by atoms with Gasteiger partial charge in [-0.2, -0.15) is 0 Å². The van der Waals surface area contributed by atoms with E-state index in [9.17, 15) is 9.90 Å². The molecule has 1 aromatic carbocycles. The molecule has 0 bridgehead atoms. The van der Waals surface area contributed by atoms with Gasteiger partial charge in [-0.15, -0.1) is 0 Å². The Morgan fingerprint density at radius 1 is 1.32 bits per heavy atom. The molecule has 0 saturated carbocycles. The van der Waals surface area contributed by atoms with Crippen molar-refractivity contribution >= 4 is 27.3 Å². The highest BCUT2D eigenvalue weighted by atomic mass is 79.9. The van der Waals surface area contributed by atoms with Gasteiger partial charge in [0.1, 0.15) is 17.1 Å². The summed E-state index contributed by atoms with van der Waals surface area (Å²) >= 11 is 3.18. The molecule has 0 amide bonds. The Kier molecular flexibility index (Phi) is 3.85. The van der Waals surface area contributed by atoms with Gasteiger partial charge < -0.3 is 9.52 Å². The van der Waals surface area contributed by atoms with Crippen molar-refractivity contribution < 1.29 is 9.52 Å². The average Bonchev–Trinajstić information content (AvgIpc) is 2.37. The monoisotopic (exact) mass is 321 g/mol. The van der Waals surface area contributed by atoms with Gasteiger partial charge in [0.2, 0.25) is 0 Å². The summed E-state index contributed by atoms with van der Waals surface area (Å²) in [5, 5.41) is 10.0. The Morgan fingerprint density at radius 2 is 1.95 bits per heavy atom. The summed E-state index contributed by atoms with van der Waals surface area (Å²) in [6.45, 7) is 3.25. The molecule has 0 fully saturated rings. The molecule has 0 radical (unpaired) electrons. The minimum atomic E-state index is -0.601. The third kappa shape index (κ3) is 2.76. The lowest BCUT2D eigenvalue weighted by molar-refractivity contribution is 0.426. The number of hydrogen-bond donors (Lipinski definition) is 1. The molecule has 98 valence electrons. The molecular weight excluding hydrogens is 310 g/mol. The van der Waals surface area contributed by atoms with Crippen LogP contribution in [0.5, 0.6) is 5.75 Å². The molecule has 0 aliphatic carbocycles. The third-order valence-electron chi connectivity index (χ3n) is 2.62. The maximum absolute atomic E-state index is 11.8. The summed E-state index contributed by atoms with van der Waals surface area (Å²) in [6.07, 6.45) is 0. The van der Waals surface area contributed by atoms with Crippen LogP contribution in [0.4, 0.5) is 5.69 Å². The van der Waals surface area contributed by atoms with Crippen molar-refractivity contribution in [3.8, 4) is 5.75 Å². The van der Waals surface area contributed by atoms with Crippen molar-refractivity contribution in [3.63, 3.8) is 0 Å². The summed E-state index contributed by atoms with van der Waals surface area (Å²) in [6, 6.07) is 9.19. The first kappa shape index (κ1) is 13.5. The second kappa shape index (κ2) is 5.40. The molecule has 1 aromatic heterocycles. The molecule has 0 aliphatic heterocycles. The van der Waals surface area contributed by atoms with Crippen LogP contribution in [0.1, 0.15) is 18.2 Å². The van der Waals surface area contributed by atoms with Gasteiger partial charge in [0, 0.05) is 0 Å². The SMILES string of the molecule is CC(=Nc1ccccc1)c1c(O)c(Br)c(C)oc1=O. The number of nitrogens with zero attached hydrogens (tertiary/aromatic N) is 1. The quantitative estimate of drug-likeness (QED) is 0.860. The van der Waals surface area contributed by atoms with E-state index in [1.165, 1.54) is 0 Å². The number of para-hydroxylation sites is 1. The number of aromatic hydroxyl groups is 1. The molecule has 1 N–H and O–H groups in total. The second-order valence-corrected chi connectivity index (χ2v) is 4.81. The van der Waals surface area contributed by atoms with Crippen LogP contribution >= 0.6 is 15.9 Å². The minimum absolute atomic E-state index is 0.0707. The van der Waals surface area contributed by atoms with E-state index in [0.717, 1.165) is 0 Å². The maximum atomic E-state index is 11.8. The van der Waals surface area contributed by atoms with Crippen LogP contribution in [0.15, 0.2) is 49.0 Å². The molecule has 0 saturated heterocycles. The first-order valence-electron chi connectivity index (χ1n) is 5.63. The van der Waals surface area contributed by atoms with Gasteiger partial charge in [0.15, 0.2) is 0 Å². The van der Waals surface area contributed by atoms with Crippen molar-refractivity contribution in [2.24, 2.45) is 4.99 Å². The first-order valence-corrected chi connectivity index (χ1v) is 6.43. The van der Waals surface area contributed by atoms with Gasteiger partial charge >= 0.3 is 5.63 Å². The predicted octanol–water partition coefficient (Wildman–Crippen LogP) is 3.56. The molecule has 0 unspecified atom stereocenters. The van der Waals surface area contributed by atoms with Crippen LogP contribution in [-0.4, -0.2) is 10.8 Å². The zero-order valence-corrected chi connectivity index (χ0v) is 12.1. The summed E-state index contributed by atoms with van der Waals surface area (Å²) in [7, 11) is 0. The van der Waals surface area contributed by atoms with Crippen molar-refractivity contribution in [2.75, 3.05) is 0 Å².